The molecule has 1 aliphatic carbocycles. The van der Waals surface area contributed by atoms with E-state index in [-0.39, 0.29) is 6.04 Å². The lowest BCUT2D eigenvalue weighted by atomic mass is 9.99. The molecule has 0 heterocycles. The fourth-order valence-corrected chi connectivity index (χ4v) is 2.94. The van der Waals surface area contributed by atoms with Crippen LogP contribution in [-0.2, 0) is 0 Å². The lowest BCUT2D eigenvalue weighted by Gasteiger charge is -2.15. The van der Waals surface area contributed by atoms with E-state index in [4.69, 9.17) is 10.5 Å². The van der Waals surface area contributed by atoms with E-state index in [1.165, 1.54) is 18.4 Å². The molecule has 2 aromatic rings. The Morgan fingerprint density at radius 1 is 1.15 bits per heavy atom. The molecule has 0 saturated heterocycles. The molecule has 20 heavy (non-hydrogen) atoms. The Balaban J connectivity index is 1.80. The molecule has 1 aliphatic rings. The van der Waals surface area contributed by atoms with Gasteiger partial charge in [-0.25, -0.2) is 0 Å². The first-order valence-corrected chi connectivity index (χ1v) is 7.71. The van der Waals surface area contributed by atoms with Crippen molar-refractivity contribution in [1.29, 1.82) is 0 Å². The third-order valence-corrected chi connectivity index (χ3v) is 4.24. The summed E-state index contributed by atoms with van der Waals surface area (Å²) in [6.45, 7) is 2.07. The Labute approximate surface area is 128 Å². The third-order valence-electron chi connectivity index (χ3n) is 3.56. The van der Waals surface area contributed by atoms with E-state index in [9.17, 15) is 0 Å². The van der Waals surface area contributed by atoms with Gasteiger partial charge in [-0.1, -0.05) is 40.2 Å². The molecule has 0 aliphatic heterocycles. The molecule has 3 heteroatoms. The number of benzene rings is 2. The van der Waals surface area contributed by atoms with Crippen LogP contribution in [0.1, 0.15) is 35.6 Å². The summed E-state index contributed by atoms with van der Waals surface area (Å²) in [4.78, 5) is 0. The highest BCUT2D eigenvalue weighted by Gasteiger charge is 2.23. The van der Waals surface area contributed by atoms with E-state index in [0.717, 1.165) is 21.3 Å². The fourth-order valence-electron chi connectivity index (χ4n) is 2.20. The average Bonchev–Trinajstić information content (AvgIpc) is 3.23. The van der Waals surface area contributed by atoms with E-state index in [1.807, 2.05) is 12.1 Å². The summed E-state index contributed by atoms with van der Waals surface area (Å²) in [5.74, 6) is 0.937. The van der Waals surface area contributed by atoms with Crippen LogP contribution in [-0.4, -0.2) is 6.10 Å². The second-order valence-electron chi connectivity index (χ2n) is 5.39. The maximum atomic E-state index is 6.36. The molecule has 1 fully saturated rings. The van der Waals surface area contributed by atoms with Gasteiger partial charge in [0.05, 0.1) is 12.1 Å². The molecular weight excluding hydrogens is 314 g/mol. The Bertz CT molecular complexity index is 605. The maximum Gasteiger partial charge on any atom is 0.119 e. The molecule has 104 valence electrons. The minimum Gasteiger partial charge on any atom is -0.490 e. The first-order valence-electron chi connectivity index (χ1n) is 6.92. The molecule has 3 rings (SSSR count). The van der Waals surface area contributed by atoms with Crippen LogP contribution in [0.3, 0.4) is 0 Å². The average molecular weight is 332 g/mol. The fraction of sp³-hybridized carbons (Fsp3) is 0.294. The van der Waals surface area contributed by atoms with Gasteiger partial charge in [0.1, 0.15) is 5.75 Å². The van der Waals surface area contributed by atoms with Crippen LogP contribution < -0.4 is 10.5 Å². The van der Waals surface area contributed by atoms with Crippen molar-refractivity contribution in [3.8, 4) is 5.75 Å². The highest BCUT2D eigenvalue weighted by molar-refractivity contribution is 9.10. The number of nitrogens with two attached hydrogens (primary N) is 1. The zero-order valence-electron chi connectivity index (χ0n) is 11.5. The lowest BCUT2D eigenvalue weighted by Crippen LogP contribution is -2.12. The van der Waals surface area contributed by atoms with Gasteiger partial charge in [-0.05, 0) is 54.7 Å². The Kier molecular flexibility index (Phi) is 3.81. The van der Waals surface area contributed by atoms with Crippen LogP contribution in [0.2, 0.25) is 0 Å². The lowest BCUT2D eigenvalue weighted by molar-refractivity contribution is 0.303. The van der Waals surface area contributed by atoms with E-state index < -0.39 is 0 Å². The molecular formula is C17H18BrNO. The molecule has 2 aromatic carbocycles. The van der Waals surface area contributed by atoms with E-state index in [1.54, 1.807) is 0 Å². The van der Waals surface area contributed by atoms with Gasteiger partial charge in [0.2, 0.25) is 0 Å². The summed E-state index contributed by atoms with van der Waals surface area (Å²) >= 11 is 3.60. The first-order chi connectivity index (χ1) is 9.63. The molecule has 0 aromatic heterocycles. The predicted octanol–water partition coefficient (Wildman–Crippen LogP) is 4.35. The number of aryl methyl sites for hydroxylation is 1. The number of ether oxygens (including phenoxy) is 1. The van der Waals surface area contributed by atoms with Gasteiger partial charge in [0, 0.05) is 4.47 Å². The minimum absolute atomic E-state index is 0.125. The van der Waals surface area contributed by atoms with Gasteiger partial charge >= 0.3 is 0 Å². The first kappa shape index (κ1) is 13.7. The molecule has 0 amide bonds. The Morgan fingerprint density at radius 2 is 1.85 bits per heavy atom. The summed E-state index contributed by atoms with van der Waals surface area (Å²) in [7, 11) is 0. The van der Waals surface area contributed by atoms with Gasteiger partial charge in [0.15, 0.2) is 0 Å². The van der Waals surface area contributed by atoms with E-state index in [2.05, 4.69) is 53.2 Å². The molecule has 1 atom stereocenters. The second-order valence-corrected chi connectivity index (χ2v) is 6.24. The molecule has 2 N–H and O–H groups in total. The number of rotatable bonds is 4. The van der Waals surface area contributed by atoms with Gasteiger partial charge in [0.25, 0.3) is 0 Å². The van der Waals surface area contributed by atoms with Crippen LogP contribution in [0.15, 0.2) is 46.9 Å². The second kappa shape index (κ2) is 5.58. The van der Waals surface area contributed by atoms with Gasteiger partial charge in [-0.2, -0.15) is 0 Å². The van der Waals surface area contributed by atoms with Crippen LogP contribution in [0.5, 0.6) is 5.75 Å². The van der Waals surface area contributed by atoms with Gasteiger partial charge in [-0.3, -0.25) is 0 Å². The van der Waals surface area contributed by atoms with Crippen LogP contribution in [0.25, 0.3) is 0 Å². The summed E-state index contributed by atoms with van der Waals surface area (Å²) in [6.07, 6.45) is 2.79. The van der Waals surface area contributed by atoms with Gasteiger partial charge in [-0.15, -0.1) is 0 Å². The van der Waals surface area contributed by atoms with E-state index >= 15 is 0 Å². The molecule has 0 radical (unpaired) electrons. The zero-order chi connectivity index (χ0) is 14.1. The number of halogens is 1. The monoisotopic (exact) mass is 331 g/mol. The van der Waals surface area contributed by atoms with Crippen molar-refractivity contribution in [2.75, 3.05) is 0 Å². The minimum atomic E-state index is -0.125. The van der Waals surface area contributed by atoms with Crippen molar-refractivity contribution in [3.05, 3.63) is 63.6 Å². The summed E-state index contributed by atoms with van der Waals surface area (Å²) < 4.78 is 6.81. The highest BCUT2D eigenvalue weighted by Crippen LogP contribution is 2.30. The highest BCUT2D eigenvalue weighted by atomic mass is 79.9. The SMILES string of the molecule is Cc1ccc(C(N)c2ccc(OC3CC3)cc2)c(Br)c1. The largest absolute Gasteiger partial charge is 0.490 e. The summed E-state index contributed by atoms with van der Waals surface area (Å²) in [5.41, 5.74) is 9.78. The summed E-state index contributed by atoms with van der Waals surface area (Å²) in [6, 6.07) is 14.3. The van der Waals surface area contributed by atoms with Crippen molar-refractivity contribution < 1.29 is 4.74 Å². The molecule has 2 nitrogen and oxygen atoms in total. The molecule has 1 unspecified atom stereocenters. The standard InChI is InChI=1S/C17H18BrNO/c1-11-2-9-15(16(18)10-11)17(19)12-3-5-13(6-4-12)20-14-7-8-14/h2-6,9-10,14,17H,7-8,19H2,1H3. The van der Waals surface area contributed by atoms with E-state index in [0.29, 0.717) is 6.10 Å². The smallest absolute Gasteiger partial charge is 0.119 e. The van der Waals surface area contributed by atoms with Crippen molar-refractivity contribution in [2.45, 2.75) is 31.9 Å². The Morgan fingerprint density at radius 3 is 2.45 bits per heavy atom. The maximum absolute atomic E-state index is 6.36. The van der Waals surface area contributed by atoms with Crippen molar-refractivity contribution >= 4 is 15.9 Å². The number of hydrogen-bond donors (Lipinski definition) is 1. The van der Waals surface area contributed by atoms with Gasteiger partial charge < -0.3 is 10.5 Å². The van der Waals surface area contributed by atoms with Crippen LogP contribution in [0, 0.1) is 6.92 Å². The molecule has 1 saturated carbocycles. The quantitative estimate of drug-likeness (QED) is 0.904. The van der Waals surface area contributed by atoms with Crippen LogP contribution >= 0.6 is 15.9 Å². The van der Waals surface area contributed by atoms with Crippen molar-refractivity contribution in [3.63, 3.8) is 0 Å². The third kappa shape index (κ3) is 3.05. The number of hydrogen-bond acceptors (Lipinski definition) is 2. The van der Waals surface area contributed by atoms with Crippen molar-refractivity contribution in [1.82, 2.24) is 0 Å². The topological polar surface area (TPSA) is 35.2 Å². The molecule has 0 spiro atoms. The normalized spacial score (nSPS) is 15.9. The summed E-state index contributed by atoms with van der Waals surface area (Å²) in [5, 5.41) is 0. The van der Waals surface area contributed by atoms with Crippen molar-refractivity contribution in [2.24, 2.45) is 5.73 Å². The molecule has 0 bridgehead atoms. The predicted molar refractivity (Wildman–Crippen MR) is 85.0 cm³/mol. The Hall–Kier alpha value is -1.32. The van der Waals surface area contributed by atoms with Crippen LogP contribution in [0.4, 0.5) is 0 Å². The zero-order valence-corrected chi connectivity index (χ0v) is 13.1.